The molecule has 2 heterocycles. The van der Waals surface area contributed by atoms with Gasteiger partial charge >= 0.3 is 5.97 Å². The molecular weight excluding hydrogens is 246 g/mol. The average molecular weight is 271 g/mol. The molecule has 1 atom stereocenters. The minimum atomic E-state index is -0.289. The molecule has 0 bridgehead atoms. The van der Waals surface area contributed by atoms with Crippen molar-refractivity contribution >= 4 is 5.97 Å². The van der Waals surface area contributed by atoms with Crippen LogP contribution in [0, 0.1) is 5.92 Å². The molecule has 2 rings (SSSR count). The van der Waals surface area contributed by atoms with Crippen molar-refractivity contribution in [1.82, 2.24) is 5.32 Å². The first-order chi connectivity index (χ1) is 8.70. The fraction of sp³-hybridized carbons (Fsp3) is 0.929. The van der Waals surface area contributed by atoms with Gasteiger partial charge in [0.05, 0.1) is 19.1 Å². The van der Waals surface area contributed by atoms with Crippen molar-refractivity contribution in [2.24, 2.45) is 5.92 Å². The molecule has 1 N–H and O–H groups in total. The highest BCUT2D eigenvalue weighted by atomic mass is 16.7. The molecule has 2 saturated heterocycles. The molecule has 5 nitrogen and oxygen atoms in total. The molecule has 0 aromatic heterocycles. The molecule has 19 heavy (non-hydrogen) atoms. The number of carbonyl (C=O) groups excluding carboxylic acids is 1. The first kappa shape index (κ1) is 14.8. The van der Waals surface area contributed by atoms with E-state index in [1.54, 1.807) is 0 Å². The molecule has 1 unspecified atom stereocenters. The highest BCUT2D eigenvalue weighted by Gasteiger charge is 2.48. The Morgan fingerprint density at radius 2 is 1.79 bits per heavy atom. The van der Waals surface area contributed by atoms with E-state index in [-0.39, 0.29) is 35.4 Å². The van der Waals surface area contributed by atoms with Gasteiger partial charge in [-0.25, -0.2) is 0 Å². The Labute approximate surface area is 115 Å². The summed E-state index contributed by atoms with van der Waals surface area (Å²) in [5.74, 6) is -0.295. The van der Waals surface area contributed by atoms with Gasteiger partial charge in [-0.2, -0.15) is 0 Å². The third-order valence-electron chi connectivity index (χ3n) is 3.85. The molecule has 0 aromatic rings. The number of rotatable bonds is 2. The van der Waals surface area contributed by atoms with Crippen molar-refractivity contribution in [3.63, 3.8) is 0 Å². The van der Waals surface area contributed by atoms with E-state index in [0.717, 1.165) is 6.42 Å². The van der Waals surface area contributed by atoms with Crippen LogP contribution in [0.4, 0.5) is 0 Å². The van der Waals surface area contributed by atoms with E-state index in [9.17, 15) is 4.79 Å². The van der Waals surface area contributed by atoms with Gasteiger partial charge in [0.15, 0.2) is 6.29 Å². The first-order valence-electron chi connectivity index (χ1n) is 6.93. The summed E-state index contributed by atoms with van der Waals surface area (Å²) in [5, 5.41) is 3.48. The molecule has 0 spiro atoms. The minimum Gasteiger partial charge on any atom is -0.457 e. The quantitative estimate of drug-likeness (QED) is 0.771. The monoisotopic (exact) mass is 271 g/mol. The lowest BCUT2D eigenvalue weighted by Crippen LogP contribution is -2.47. The molecule has 5 heteroatoms. The van der Waals surface area contributed by atoms with Gasteiger partial charge in [0.2, 0.25) is 0 Å². The van der Waals surface area contributed by atoms with Crippen LogP contribution in [0.3, 0.4) is 0 Å². The van der Waals surface area contributed by atoms with E-state index in [1.165, 1.54) is 0 Å². The Hall–Kier alpha value is -0.650. The largest absolute Gasteiger partial charge is 0.457 e. The second-order valence-electron chi connectivity index (χ2n) is 6.78. The Morgan fingerprint density at radius 1 is 1.21 bits per heavy atom. The molecule has 2 aliphatic rings. The van der Waals surface area contributed by atoms with Crippen LogP contribution in [-0.2, 0) is 19.0 Å². The van der Waals surface area contributed by atoms with Crippen molar-refractivity contribution < 1.29 is 19.0 Å². The smallest absolute Gasteiger partial charge is 0.311 e. The predicted octanol–water partition coefficient (Wildman–Crippen LogP) is 1.46. The maximum absolute atomic E-state index is 12.3. The number of carbonyl (C=O) groups is 1. The minimum absolute atomic E-state index is 0.0404. The van der Waals surface area contributed by atoms with E-state index in [0.29, 0.717) is 13.2 Å². The van der Waals surface area contributed by atoms with Gasteiger partial charge in [0.1, 0.15) is 6.10 Å². The Morgan fingerprint density at radius 3 is 2.26 bits per heavy atom. The third kappa shape index (κ3) is 3.46. The van der Waals surface area contributed by atoms with Gasteiger partial charge in [0, 0.05) is 11.1 Å². The molecular formula is C14H25NO4. The van der Waals surface area contributed by atoms with Crippen LogP contribution in [0.5, 0.6) is 0 Å². The first-order valence-corrected chi connectivity index (χ1v) is 6.93. The van der Waals surface area contributed by atoms with E-state index >= 15 is 0 Å². The Kier molecular flexibility index (Phi) is 3.91. The standard InChI is InChI=1S/C14H25NO4/c1-9-17-7-10(8-18-9)19-12(16)11-6-13(2,3)15-14(11,4)5/h9-11,15H,6-8H2,1-5H3. The topological polar surface area (TPSA) is 56.8 Å². The van der Waals surface area contributed by atoms with Gasteiger partial charge in [-0.15, -0.1) is 0 Å². The van der Waals surface area contributed by atoms with Gasteiger partial charge in [0.25, 0.3) is 0 Å². The van der Waals surface area contributed by atoms with Crippen LogP contribution in [0.15, 0.2) is 0 Å². The van der Waals surface area contributed by atoms with Crippen LogP contribution < -0.4 is 5.32 Å². The lowest BCUT2D eigenvalue weighted by atomic mass is 9.87. The lowest BCUT2D eigenvalue weighted by Gasteiger charge is -2.30. The van der Waals surface area contributed by atoms with Crippen LogP contribution in [0.1, 0.15) is 41.0 Å². The summed E-state index contributed by atoms with van der Waals surface area (Å²) in [4.78, 5) is 12.3. The number of esters is 1. The summed E-state index contributed by atoms with van der Waals surface area (Å²) in [6.07, 6.45) is 0.283. The summed E-state index contributed by atoms with van der Waals surface area (Å²) < 4.78 is 16.2. The third-order valence-corrected chi connectivity index (χ3v) is 3.85. The molecule has 0 aliphatic carbocycles. The zero-order valence-corrected chi connectivity index (χ0v) is 12.5. The van der Waals surface area contributed by atoms with E-state index < -0.39 is 0 Å². The van der Waals surface area contributed by atoms with E-state index in [1.807, 2.05) is 20.8 Å². The van der Waals surface area contributed by atoms with Gasteiger partial charge in [-0.1, -0.05) is 0 Å². The zero-order chi connectivity index (χ0) is 14.3. The van der Waals surface area contributed by atoms with Crippen LogP contribution in [-0.4, -0.2) is 42.7 Å². The Bertz CT molecular complexity index is 345. The maximum Gasteiger partial charge on any atom is 0.311 e. The highest BCUT2D eigenvalue weighted by molar-refractivity contribution is 5.75. The zero-order valence-electron chi connectivity index (χ0n) is 12.5. The molecule has 2 fully saturated rings. The highest BCUT2D eigenvalue weighted by Crippen LogP contribution is 2.36. The summed E-state index contributed by atoms with van der Waals surface area (Å²) in [7, 11) is 0. The van der Waals surface area contributed by atoms with Crippen LogP contribution >= 0.6 is 0 Å². The van der Waals surface area contributed by atoms with Crippen molar-refractivity contribution in [1.29, 1.82) is 0 Å². The summed E-state index contributed by atoms with van der Waals surface area (Å²) in [5.41, 5.74) is -0.286. The molecule has 2 aliphatic heterocycles. The summed E-state index contributed by atoms with van der Waals surface area (Å²) >= 11 is 0. The fourth-order valence-corrected chi connectivity index (χ4v) is 3.05. The summed E-state index contributed by atoms with van der Waals surface area (Å²) in [6, 6.07) is 0. The second-order valence-corrected chi connectivity index (χ2v) is 6.78. The van der Waals surface area contributed by atoms with Gasteiger partial charge in [-0.3, -0.25) is 4.79 Å². The molecule has 0 aromatic carbocycles. The van der Waals surface area contributed by atoms with E-state index in [2.05, 4.69) is 19.2 Å². The van der Waals surface area contributed by atoms with E-state index in [4.69, 9.17) is 14.2 Å². The predicted molar refractivity (Wildman–Crippen MR) is 70.6 cm³/mol. The van der Waals surface area contributed by atoms with Crippen LogP contribution in [0.2, 0.25) is 0 Å². The number of hydrogen-bond acceptors (Lipinski definition) is 5. The molecule has 110 valence electrons. The second kappa shape index (κ2) is 5.04. The number of nitrogens with one attached hydrogen (secondary N) is 1. The van der Waals surface area contributed by atoms with Gasteiger partial charge < -0.3 is 19.5 Å². The van der Waals surface area contributed by atoms with Crippen molar-refractivity contribution in [2.75, 3.05) is 13.2 Å². The Balaban J connectivity index is 1.93. The molecule has 0 radical (unpaired) electrons. The lowest BCUT2D eigenvalue weighted by molar-refractivity contribution is -0.220. The fourth-order valence-electron chi connectivity index (χ4n) is 3.05. The molecule has 0 amide bonds. The molecule has 0 saturated carbocycles. The van der Waals surface area contributed by atoms with Gasteiger partial charge in [-0.05, 0) is 41.0 Å². The SMILES string of the molecule is CC1OCC(OC(=O)C2CC(C)(C)NC2(C)C)CO1. The van der Waals surface area contributed by atoms with Crippen molar-refractivity contribution in [3.05, 3.63) is 0 Å². The average Bonchev–Trinajstić information content (AvgIpc) is 2.50. The van der Waals surface area contributed by atoms with Crippen molar-refractivity contribution in [2.45, 2.75) is 64.5 Å². The summed E-state index contributed by atoms with van der Waals surface area (Å²) in [6.45, 7) is 11.0. The number of hydrogen-bond donors (Lipinski definition) is 1. The number of ether oxygens (including phenoxy) is 3. The maximum atomic E-state index is 12.3. The normalized spacial score (nSPS) is 37.0. The van der Waals surface area contributed by atoms with Crippen LogP contribution in [0.25, 0.3) is 0 Å². The van der Waals surface area contributed by atoms with Crippen molar-refractivity contribution in [3.8, 4) is 0 Å².